The average Bonchev–Trinajstić information content (AvgIpc) is 3.14. The largest absolute Gasteiger partial charge is 0.371 e. The molecule has 4 nitrogen and oxygen atoms in total. The van der Waals surface area contributed by atoms with E-state index in [2.05, 4.69) is 22.0 Å². The van der Waals surface area contributed by atoms with Gasteiger partial charge in [0, 0.05) is 50.7 Å². The fourth-order valence-corrected chi connectivity index (χ4v) is 3.19. The van der Waals surface area contributed by atoms with Gasteiger partial charge in [0.1, 0.15) is 0 Å². The molecule has 0 saturated carbocycles. The zero-order chi connectivity index (χ0) is 16.9. The molecule has 0 N–H and O–H groups in total. The zero-order valence-electron chi connectivity index (χ0n) is 14.5. The van der Waals surface area contributed by atoms with E-state index >= 15 is 0 Å². The Hall–Kier alpha value is -2.36. The second kappa shape index (κ2) is 7.47. The van der Waals surface area contributed by atoms with E-state index in [4.69, 9.17) is 0 Å². The van der Waals surface area contributed by atoms with Crippen molar-refractivity contribution in [2.45, 2.75) is 26.2 Å². The molecule has 1 aromatic carbocycles. The fourth-order valence-electron chi connectivity index (χ4n) is 3.19. The second-order valence-electron chi connectivity index (χ2n) is 6.51. The van der Waals surface area contributed by atoms with Crippen LogP contribution in [0.3, 0.4) is 0 Å². The van der Waals surface area contributed by atoms with Crippen LogP contribution in [0.5, 0.6) is 0 Å². The third-order valence-electron chi connectivity index (χ3n) is 4.61. The van der Waals surface area contributed by atoms with Crippen LogP contribution >= 0.6 is 0 Å². The van der Waals surface area contributed by atoms with Crippen LogP contribution in [0.1, 0.15) is 34.5 Å². The van der Waals surface area contributed by atoms with Gasteiger partial charge >= 0.3 is 0 Å². The molecule has 0 aliphatic carbocycles. The maximum atomic E-state index is 13.0. The van der Waals surface area contributed by atoms with Crippen LogP contribution in [0.2, 0.25) is 0 Å². The van der Waals surface area contributed by atoms with Crippen LogP contribution in [0, 0.1) is 6.92 Å². The molecule has 1 fully saturated rings. The standard InChI is InChI=1S/C20H25N3O/c1-16-8-9-19(23-12-5-6-13-23)18(15-16)20(24)22(2)14-10-17-7-3-4-11-21-17/h3-4,7-9,11,15H,5-6,10,12-14H2,1-2H3. The number of rotatable bonds is 5. The third kappa shape index (κ3) is 3.75. The summed E-state index contributed by atoms with van der Waals surface area (Å²) < 4.78 is 0. The summed E-state index contributed by atoms with van der Waals surface area (Å²) in [5.41, 5.74) is 4.04. The Morgan fingerprint density at radius 1 is 1.21 bits per heavy atom. The Labute approximate surface area is 144 Å². The van der Waals surface area contributed by atoms with E-state index in [-0.39, 0.29) is 5.91 Å². The number of aromatic nitrogens is 1. The molecular formula is C20H25N3O. The maximum Gasteiger partial charge on any atom is 0.255 e. The highest BCUT2D eigenvalue weighted by Crippen LogP contribution is 2.26. The number of amides is 1. The molecule has 1 aliphatic heterocycles. The molecular weight excluding hydrogens is 298 g/mol. The van der Waals surface area contributed by atoms with Crippen molar-refractivity contribution in [3.63, 3.8) is 0 Å². The minimum absolute atomic E-state index is 0.0940. The van der Waals surface area contributed by atoms with Crippen LogP contribution < -0.4 is 4.90 Å². The first-order valence-electron chi connectivity index (χ1n) is 8.66. The van der Waals surface area contributed by atoms with E-state index in [1.807, 2.05) is 43.1 Å². The summed E-state index contributed by atoms with van der Waals surface area (Å²) in [6, 6.07) is 12.1. The summed E-state index contributed by atoms with van der Waals surface area (Å²) in [4.78, 5) is 21.4. The van der Waals surface area contributed by atoms with Crippen LogP contribution in [0.25, 0.3) is 0 Å². The summed E-state index contributed by atoms with van der Waals surface area (Å²) in [6.07, 6.45) is 4.98. The highest BCUT2D eigenvalue weighted by molar-refractivity contribution is 6.00. The topological polar surface area (TPSA) is 36.4 Å². The molecule has 0 atom stereocenters. The van der Waals surface area contributed by atoms with Gasteiger partial charge in [0.15, 0.2) is 0 Å². The van der Waals surface area contributed by atoms with Crippen molar-refractivity contribution in [2.75, 3.05) is 31.6 Å². The molecule has 3 rings (SSSR count). The third-order valence-corrected chi connectivity index (χ3v) is 4.61. The van der Waals surface area contributed by atoms with Crippen LogP contribution in [-0.4, -0.2) is 42.5 Å². The van der Waals surface area contributed by atoms with E-state index in [9.17, 15) is 4.79 Å². The smallest absolute Gasteiger partial charge is 0.255 e. The number of hydrogen-bond donors (Lipinski definition) is 0. The summed E-state index contributed by atoms with van der Waals surface area (Å²) in [6.45, 7) is 4.80. The normalized spacial score (nSPS) is 14.0. The highest BCUT2D eigenvalue weighted by Gasteiger charge is 2.21. The van der Waals surface area contributed by atoms with E-state index in [0.29, 0.717) is 6.54 Å². The van der Waals surface area contributed by atoms with Crippen molar-refractivity contribution in [1.82, 2.24) is 9.88 Å². The van der Waals surface area contributed by atoms with Crippen molar-refractivity contribution in [2.24, 2.45) is 0 Å². The van der Waals surface area contributed by atoms with Gasteiger partial charge in [0.05, 0.1) is 5.56 Å². The van der Waals surface area contributed by atoms with Crippen molar-refractivity contribution in [3.8, 4) is 0 Å². The van der Waals surface area contributed by atoms with Gasteiger partial charge in [0.25, 0.3) is 5.91 Å². The summed E-state index contributed by atoms with van der Waals surface area (Å²) in [7, 11) is 1.88. The average molecular weight is 323 g/mol. The molecule has 1 amide bonds. The molecule has 1 saturated heterocycles. The first-order chi connectivity index (χ1) is 11.6. The Morgan fingerprint density at radius 2 is 2.00 bits per heavy atom. The first-order valence-corrected chi connectivity index (χ1v) is 8.66. The Morgan fingerprint density at radius 3 is 2.71 bits per heavy atom. The lowest BCUT2D eigenvalue weighted by Crippen LogP contribution is -2.31. The number of carbonyl (C=O) groups excluding carboxylic acids is 1. The van der Waals surface area contributed by atoms with E-state index < -0.39 is 0 Å². The zero-order valence-corrected chi connectivity index (χ0v) is 14.5. The summed E-state index contributed by atoms with van der Waals surface area (Å²) in [5.74, 6) is 0.0940. The Kier molecular flexibility index (Phi) is 5.14. The van der Waals surface area contributed by atoms with Crippen LogP contribution in [-0.2, 0) is 6.42 Å². The molecule has 24 heavy (non-hydrogen) atoms. The number of pyridine rings is 1. The Bertz CT molecular complexity index is 693. The predicted molar refractivity (Wildman–Crippen MR) is 97.5 cm³/mol. The number of hydrogen-bond acceptors (Lipinski definition) is 3. The van der Waals surface area contributed by atoms with Crippen molar-refractivity contribution in [3.05, 3.63) is 59.4 Å². The number of benzene rings is 1. The van der Waals surface area contributed by atoms with E-state index in [0.717, 1.165) is 42.0 Å². The molecule has 0 bridgehead atoms. The fraction of sp³-hybridized carbons (Fsp3) is 0.400. The molecule has 2 heterocycles. The number of anilines is 1. The summed E-state index contributed by atoms with van der Waals surface area (Å²) in [5, 5.41) is 0. The number of aryl methyl sites for hydroxylation is 1. The van der Waals surface area contributed by atoms with Gasteiger partial charge in [-0.3, -0.25) is 9.78 Å². The predicted octanol–water partition coefficient (Wildman–Crippen LogP) is 3.30. The van der Waals surface area contributed by atoms with Gasteiger partial charge in [-0.25, -0.2) is 0 Å². The number of likely N-dealkylation sites (N-methyl/N-ethyl adjacent to an activating group) is 1. The molecule has 1 aromatic heterocycles. The maximum absolute atomic E-state index is 13.0. The summed E-state index contributed by atoms with van der Waals surface area (Å²) >= 11 is 0. The van der Waals surface area contributed by atoms with Gasteiger partial charge in [-0.15, -0.1) is 0 Å². The van der Waals surface area contributed by atoms with Crippen LogP contribution in [0.4, 0.5) is 5.69 Å². The lowest BCUT2D eigenvalue weighted by molar-refractivity contribution is 0.0797. The van der Waals surface area contributed by atoms with Gasteiger partial charge < -0.3 is 9.80 Å². The number of nitrogens with zero attached hydrogens (tertiary/aromatic N) is 3. The molecule has 4 heteroatoms. The van der Waals surface area contributed by atoms with Crippen LogP contribution in [0.15, 0.2) is 42.6 Å². The molecule has 0 unspecified atom stereocenters. The van der Waals surface area contributed by atoms with E-state index in [1.54, 1.807) is 6.20 Å². The highest BCUT2D eigenvalue weighted by atomic mass is 16.2. The molecule has 0 spiro atoms. The minimum Gasteiger partial charge on any atom is -0.371 e. The Balaban J connectivity index is 1.74. The molecule has 0 radical (unpaired) electrons. The monoisotopic (exact) mass is 323 g/mol. The SMILES string of the molecule is Cc1ccc(N2CCCC2)c(C(=O)N(C)CCc2ccccn2)c1. The number of carbonyl (C=O) groups is 1. The minimum atomic E-state index is 0.0940. The van der Waals surface area contributed by atoms with Gasteiger partial charge in [-0.05, 0) is 44.0 Å². The lowest BCUT2D eigenvalue weighted by atomic mass is 10.1. The van der Waals surface area contributed by atoms with Gasteiger partial charge in [-0.1, -0.05) is 17.7 Å². The van der Waals surface area contributed by atoms with Gasteiger partial charge in [0.2, 0.25) is 0 Å². The van der Waals surface area contributed by atoms with Crippen molar-refractivity contribution < 1.29 is 4.79 Å². The van der Waals surface area contributed by atoms with Crippen molar-refractivity contribution in [1.29, 1.82) is 0 Å². The van der Waals surface area contributed by atoms with Crippen molar-refractivity contribution >= 4 is 11.6 Å². The molecule has 126 valence electrons. The van der Waals surface area contributed by atoms with Gasteiger partial charge in [-0.2, -0.15) is 0 Å². The molecule has 1 aliphatic rings. The lowest BCUT2D eigenvalue weighted by Gasteiger charge is -2.24. The quantitative estimate of drug-likeness (QED) is 0.847. The van der Waals surface area contributed by atoms with E-state index in [1.165, 1.54) is 12.8 Å². The first kappa shape index (κ1) is 16.5. The molecule has 2 aromatic rings. The second-order valence-corrected chi connectivity index (χ2v) is 6.51.